The highest BCUT2D eigenvalue weighted by Gasteiger charge is 2.31. The van der Waals surface area contributed by atoms with Crippen molar-refractivity contribution in [2.24, 2.45) is 5.14 Å². The molecule has 0 aliphatic carbocycles. The molecular weight excluding hydrogens is 431 g/mol. The molecular formula is C16H14F3N5O5S. The zero-order chi connectivity index (χ0) is 22.1. The summed E-state index contributed by atoms with van der Waals surface area (Å²) in [5.41, 5.74) is -0.279. The average molecular weight is 445 g/mol. The first kappa shape index (κ1) is 21.2. The molecule has 0 fully saturated rings. The van der Waals surface area contributed by atoms with Gasteiger partial charge < -0.3 is 9.84 Å². The predicted octanol–water partition coefficient (Wildman–Crippen LogP) is 1.30. The van der Waals surface area contributed by atoms with Crippen molar-refractivity contribution in [1.82, 2.24) is 14.1 Å². The van der Waals surface area contributed by atoms with Gasteiger partial charge in [0.05, 0.1) is 30.3 Å². The molecule has 0 bridgehead atoms. The highest BCUT2D eigenvalue weighted by Crippen LogP contribution is 2.25. The monoisotopic (exact) mass is 445 g/mol. The summed E-state index contributed by atoms with van der Waals surface area (Å²) in [7, 11) is -4.09. The summed E-state index contributed by atoms with van der Waals surface area (Å²) in [4.78, 5) is 16.5. The number of nitrogens with two attached hydrogens (primary N) is 1. The summed E-state index contributed by atoms with van der Waals surface area (Å²) in [5, 5.41) is 15.1. The molecule has 0 radical (unpaired) electrons. The van der Waals surface area contributed by atoms with Gasteiger partial charge in [-0.15, -0.1) is 13.2 Å². The van der Waals surface area contributed by atoms with Crippen molar-refractivity contribution in [3.05, 3.63) is 65.0 Å². The van der Waals surface area contributed by atoms with E-state index in [-0.39, 0.29) is 17.9 Å². The fraction of sp³-hybridized carbons (Fsp3) is 0.125. The number of halogens is 3. The first-order chi connectivity index (χ1) is 13.9. The van der Waals surface area contributed by atoms with Crippen molar-refractivity contribution >= 4 is 15.9 Å². The molecule has 0 spiro atoms. The Morgan fingerprint density at radius 1 is 1.20 bits per heavy atom. The topological polar surface area (TPSA) is 141 Å². The van der Waals surface area contributed by atoms with Gasteiger partial charge in [-0.05, 0) is 35.9 Å². The van der Waals surface area contributed by atoms with E-state index in [4.69, 9.17) is 5.14 Å². The summed E-state index contributed by atoms with van der Waals surface area (Å²) in [6, 6.07) is 5.74. The van der Waals surface area contributed by atoms with Crippen molar-refractivity contribution < 1.29 is 31.4 Å². The third-order valence-corrected chi connectivity index (χ3v) is 4.27. The number of aromatic hydroxyl groups is 1. The first-order valence-corrected chi connectivity index (χ1v) is 9.58. The Balaban J connectivity index is 1.92. The lowest BCUT2D eigenvalue weighted by Crippen LogP contribution is -2.25. The Hall–Kier alpha value is -3.52. The Morgan fingerprint density at radius 2 is 1.87 bits per heavy atom. The maximum Gasteiger partial charge on any atom is 0.573 e. The van der Waals surface area contributed by atoms with Gasteiger partial charge in [0, 0.05) is 6.20 Å². The van der Waals surface area contributed by atoms with Gasteiger partial charge in [-0.3, -0.25) is 14.3 Å². The van der Waals surface area contributed by atoms with Crippen LogP contribution < -0.4 is 20.3 Å². The number of alkyl halides is 3. The van der Waals surface area contributed by atoms with E-state index in [1.807, 2.05) is 0 Å². The second-order valence-electron chi connectivity index (χ2n) is 5.95. The normalized spacial score (nSPS) is 12.0. The SMILES string of the molecule is NS(=O)(=O)Nc1cnccc1Cn1cc(O)n(-c2ccc(OC(F)(F)F)cc2)c1=O. The van der Waals surface area contributed by atoms with E-state index in [0.29, 0.717) is 5.56 Å². The zero-order valence-electron chi connectivity index (χ0n) is 14.9. The van der Waals surface area contributed by atoms with Gasteiger partial charge in [0.2, 0.25) is 5.88 Å². The highest BCUT2D eigenvalue weighted by molar-refractivity contribution is 7.90. The number of aromatic nitrogens is 3. The fourth-order valence-corrected chi connectivity index (χ4v) is 3.11. The van der Waals surface area contributed by atoms with Crippen LogP contribution in [0.3, 0.4) is 0 Å². The standard InChI is InChI=1S/C16H14F3N5O5S/c17-16(18,19)29-12-3-1-11(2-4-12)24-14(25)9-23(15(24)26)8-10-5-6-21-7-13(10)22-30(20,27)28/h1-7,9,22,25H,8H2,(H2,20,27,28). The molecule has 3 aromatic rings. The van der Waals surface area contributed by atoms with Crippen LogP contribution in [0, 0.1) is 0 Å². The maximum absolute atomic E-state index is 12.7. The van der Waals surface area contributed by atoms with Crippen LogP contribution in [0.25, 0.3) is 5.69 Å². The van der Waals surface area contributed by atoms with Crippen LogP contribution in [0.4, 0.5) is 18.9 Å². The van der Waals surface area contributed by atoms with Gasteiger partial charge in [0.25, 0.3) is 10.2 Å². The van der Waals surface area contributed by atoms with Crippen LogP contribution in [0.5, 0.6) is 11.6 Å². The average Bonchev–Trinajstić information content (AvgIpc) is 2.89. The number of anilines is 1. The van der Waals surface area contributed by atoms with Gasteiger partial charge in [-0.1, -0.05) is 0 Å². The summed E-state index contributed by atoms with van der Waals surface area (Å²) in [6.07, 6.45) is -1.22. The molecule has 30 heavy (non-hydrogen) atoms. The minimum absolute atomic E-state index is 0.0350. The summed E-state index contributed by atoms with van der Waals surface area (Å²) >= 11 is 0. The van der Waals surface area contributed by atoms with E-state index in [2.05, 4.69) is 14.4 Å². The van der Waals surface area contributed by atoms with E-state index < -0.39 is 33.9 Å². The summed E-state index contributed by atoms with van der Waals surface area (Å²) in [5.74, 6) is -0.979. The van der Waals surface area contributed by atoms with E-state index >= 15 is 0 Å². The minimum atomic E-state index is -4.86. The third-order valence-electron chi connectivity index (χ3n) is 3.77. The second kappa shape index (κ2) is 7.72. The van der Waals surface area contributed by atoms with E-state index in [1.165, 1.54) is 18.5 Å². The van der Waals surface area contributed by atoms with Crippen LogP contribution in [0.1, 0.15) is 5.56 Å². The third kappa shape index (κ3) is 5.09. The van der Waals surface area contributed by atoms with Crippen LogP contribution in [-0.2, 0) is 16.8 Å². The van der Waals surface area contributed by atoms with Gasteiger partial charge >= 0.3 is 12.1 Å². The number of pyridine rings is 1. The van der Waals surface area contributed by atoms with Crippen molar-refractivity contribution in [2.75, 3.05) is 4.72 Å². The smallest absolute Gasteiger partial charge is 0.493 e. The Morgan fingerprint density at radius 3 is 2.47 bits per heavy atom. The largest absolute Gasteiger partial charge is 0.573 e. The summed E-state index contributed by atoms with van der Waals surface area (Å²) in [6.45, 7) is -0.158. The molecule has 3 rings (SSSR count). The molecule has 1 aromatic carbocycles. The van der Waals surface area contributed by atoms with Crippen molar-refractivity contribution in [3.8, 4) is 17.3 Å². The van der Waals surface area contributed by atoms with Gasteiger partial charge in [-0.2, -0.15) is 8.42 Å². The lowest BCUT2D eigenvalue weighted by Gasteiger charge is -2.10. The molecule has 0 atom stereocenters. The van der Waals surface area contributed by atoms with Crippen molar-refractivity contribution in [2.45, 2.75) is 12.9 Å². The molecule has 0 saturated carbocycles. The quantitative estimate of drug-likeness (QED) is 0.522. The van der Waals surface area contributed by atoms with Crippen LogP contribution >= 0.6 is 0 Å². The molecule has 0 aliphatic rings. The zero-order valence-corrected chi connectivity index (χ0v) is 15.7. The van der Waals surface area contributed by atoms with Crippen LogP contribution in [-0.4, -0.2) is 34.0 Å². The molecule has 0 unspecified atom stereocenters. The molecule has 0 amide bonds. The van der Waals surface area contributed by atoms with Crippen LogP contribution in [0.15, 0.2) is 53.7 Å². The number of benzene rings is 1. The molecule has 0 aliphatic heterocycles. The summed E-state index contributed by atoms with van der Waals surface area (Å²) < 4.78 is 67.1. The lowest BCUT2D eigenvalue weighted by molar-refractivity contribution is -0.274. The van der Waals surface area contributed by atoms with E-state index in [9.17, 15) is 31.5 Å². The van der Waals surface area contributed by atoms with Crippen molar-refractivity contribution in [3.63, 3.8) is 0 Å². The minimum Gasteiger partial charge on any atom is -0.493 e. The fourth-order valence-electron chi connectivity index (χ4n) is 2.62. The number of hydrogen-bond donors (Lipinski definition) is 3. The molecule has 10 nitrogen and oxygen atoms in total. The maximum atomic E-state index is 12.7. The van der Waals surface area contributed by atoms with Gasteiger partial charge in [-0.25, -0.2) is 14.5 Å². The van der Waals surface area contributed by atoms with Gasteiger partial charge in [0.1, 0.15) is 5.75 Å². The van der Waals surface area contributed by atoms with E-state index in [1.54, 1.807) is 0 Å². The number of nitrogens with zero attached hydrogens (tertiary/aromatic N) is 3. The Labute approximate surface area is 167 Å². The predicted molar refractivity (Wildman–Crippen MR) is 98.4 cm³/mol. The molecule has 4 N–H and O–H groups in total. The Kier molecular flexibility index (Phi) is 5.45. The molecule has 160 valence electrons. The second-order valence-corrected chi connectivity index (χ2v) is 7.25. The number of ether oxygens (including phenoxy) is 1. The lowest BCUT2D eigenvalue weighted by atomic mass is 10.2. The Bertz CT molecular complexity index is 1220. The molecule has 0 saturated heterocycles. The first-order valence-electron chi connectivity index (χ1n) is 8.04. The number of rotatable bonds is 6. The van der Waals surface area contributed by atoms with E-state index in [0.717, 1.165) is 39.6 Å². The molecule has 2 heterocycles. The molecule has 14 heteroatoms. The molecule has 2 aromatic heterocycles. The number of hydrogen-bond acceptors (Lipinski definition) is 6. The van der Waals surface area contributed by atoms with Crippen LogP contribution in [0.2, 0.25) is 0 Å². The van der Waals surface area contributed by atoms with Gasteiger partial charge in [0.15, 0.2) is 0 Å². The number of nitrogens with one attached hydrogen (secondary N) is 1. The van der Waals surface area contributed by atoms with Crippen molar-refractivity contribution in [1.29, 1.82) is 0 Å². The number of imidazole rings is 1. The highest BCUT2D eigenvalue weighted by atomic mass is 32.2.